The topological polar surface area (TPSA) is 17.1 Å². The number of hydrogen-bond donors (Lipinski definition) is 0. The Morgan fingerprint density at radius 3 is 2.36 bits per heavy atom. The van der Waals surface area contributed by atoms with E-state index in [1.807, 2.05) is 0 Å². The van der Waals surface area contributed by atoms with Gasteiger partial charge >= 0.3 is 0 Å². The maximum absolute atomic E-state index is 10.3. The first kappa shape index (κ1) is 8.70. The Kier molecular flexibility index (Phi) is 2.00. The third-order valence-corrected chi connectivity index (χ3v) is 4.77. The van der Waals surface area contributed by atoms with E-state index in [1.165, 1.54) is 32.1 Å². The molecule has 3 fully saturated rings. The van der Waals surface area contributed by atoms with Crippen molar-refractivity contribution in [2.24, 2.45) is 23.7 Å². The minimum absolute atomic E-state index is 0.643. The fourth-order valence-corrected chi connectivity index (χ4v) is 4.24. The molecule has 76 valence electrons. The van der Waals surface area contributed by atoms with Gasteiger partial charge in [-0.25, -0.2) is 0 Å². The van der Waals surface area contributed by atoms with Gasteiger partial charge in [-0.05, 0) is 55.8 Å². The first-order chi connectivity index (χ1) is 6.88. The fraction of sp³-hybridized carbons (Fsp3) is 0.769. The third-order valence-electron chi connectivity index (χ3n) is 4.77. The van der Waals surface area contributed by atoms with Crippen molar-refractivity contribution in [1.82, 2.24) is 0 Å². The molecule has 0 aromatic rings. The van der Waals surface area contributed by atoms with Crippen LogP contribution in [-0.2, 0) is 4.79 Å². The van der Waals surface area contributed by atoms with Crippen LogP contribution in [0.1, 0.15) is 38.5 Å². The first-order valence-electron chi connectivity index (χ1n) is 6.00. The number of carbonyl (C=O) groups is 1. The summed E-state index contributed by atoms with van der Waals surface area (Å²) in [6.45, 7) is 0. The van der Waals surface area contributed by atoms with Crippen molar-refractivity contribution in [1.29, 1.82) is 0 Å². The molecule has 3 aliphatic rings. The van der Waals surface area contributed by atoms with Crippen LogP contribution in [0.3, 0.4) is 0 Å². The van der Waals surface area contributed by atoms with Gasteiger partial charge in [0.1, 0.15) is 6.29 Å². The first-order valence-corrected chi connectivity index (χ1v) is 6.00. The van der Waals surface area contributed by atoms with Gasteiger partial charge in [0.15, 0.2) is 0 Å². The van der Waals surface area contributed by atoms with E-state index in [0.717, 1.165) is 30.0 Å². The molecule has 14 heavy (non-hydrogen) atoms. The lowest BCUT2D eigenvalue weighted by Crippen LogP contribution is -2.15. The summed E-state index contributed by atoms with van der Waals surface area (Å²) in [5, 5.41) is 0. The van der Waals surface area contributed by atoms with Crippen LogP contribution in [0.5, 0.6) is 0 Å². The van der Waals surface area contributed by atoms with Crippen LogP contribution < -0.4 is 0 Å². The second-order valence-corrected chi connectivity index (χ2v) is 5.33. The van der Waals surface area contributed by atoms with E-state index in [2.05, 4.69) is 6.08 Å². The molecule has 3 saturated carbocycles. The Balaban J connectivity index is 1.73. The van der Waals surface area contributed by atoms with Gasteiger partial charge in [0.2, 0.25) is 0 Å². The van der Waals surface area contributed by atoms with Gasteiger partial charge in [-0.1, -0.05) is 11.6 Å². The van der Waals surface area contributed by atoms with E-state index < -0.39 is 0 Å². The molecule has 0 aromatic carbocycles. The Hall–Kier alpha value is -0.590. The van der Waals surface area contributed by atoms with Crippen molar-refractivity contribution in [2.75, 3.05) is 0 Å². The molecule has 0 heterocycles. The molecule has 0 saturated heterocycles. The summed E-state index contributed by atoms with van der Waals surface area (Å²) >= 11 is 0. The summed E-state index contributed by atoms with van der Waals surface area (Å²) in [5.74, 6) is 4.11. The zero-order valence-corrected chi connectivity index (χ0v) is 8.61. The Morgan fingerprint density at radius 2 is 1.79 bits per heavy atom. The molecule has 0 aromatic heterocycles. The molecule has 4 atom stereocenters. The second-order valence-electron chi connectivity index (χ2n) is 5.33. The van der Waals surface area contributed by atoms with E-state index in [0.29, 0.717) is 6.42 Å². The lowest BCUT2D eigenvalue weighted by atomic mass is 9.82. The van der Waals surface area contributed by atoms with Crippen LogP contribution in [0.2, 0.25) is 0 Å². The largest absolute Gasteiger partial charge is 0.303 e. The predicted molar refractivity (Wildman–Crippen MR) is 55.8 cm³/mol. The molecule has 2 unspecified atom stereocenters. The van der Waals surface area contributed by atoms with Crippen LogP contribution in [0.4, 0.5) is 0 Å². The number of hydrogen-bond acceptors (Lipinski definition) is 1. The van der Waals surface area contributed by atoms with E-state index in [-0.39, 0.29) is 0 Å². The molecule has 3 rings (SSSR count). The number of fused-ring (bicyclic) bond motifs is 5. The molecule has 0 radical (unpaired) electrons. The monoisotopic (exact) mass is 190 g/mol. The third kappa shape index (κ3) is 1.18. The molecule has 3 aliphatic carbocycles. The maximum Gasteiger partial charge on any atom is 0.123 e. The minimum atomic E-state index is 0.643. The highest BCUT2D eigenvalue weighted by atomic mass is 16.1. The van der Waals surface area contributed by atoms with E-state index >= 15 is 0 Å². The van der Waals surface area contributed by atoms with Gasteiger partial charge in [0.25, 0.3) is 0 Å². The molecule has 2 bridgehead atoms. The van der Waals surface area contributed by atoms with Crippen molar-refractivity contribution >= 4 is 6.29 Å². The Bertz CT molecular complexity index is 259. The van der Waals surface area contributed by atoms with Crippen molar-refractivity contribution in [3.63, 3.8) is 0 Å². The predicted octanol–water partition coefficient (Wildman–Crippen LogP) is 2.96. The lowest BCUT2D eigenvalue weighted by Gasteiger charge is -2.23. The number of carbonyl (C=O) groups excluding carboxylic acids is 1. The number of allylic oxidation sites excluding steroid dienone is 2. The summed E-state index contributed by atoms with van der Waals surface area (Å²) in [5.41, 5.74) is 1.59. The highest BCUT2D eigenvalue weighted by molar-refractivity contribution is 5.52. The van der Waals surface area contributed by atoms with Gasteiger partial charge in [-0.15, -0.1) is 0 Å². The molecule has 0 amide bonds. The van der Waals surface area contributed by atoms with Gasteiger partial charge in [0, 0.05) is 6.42 Å². The smallest absolute Gasteiger partial charge is 0.123 e. The molecule has 0 aliphatic heterocycles. The van der Waals surface area contributed by atoms with Crippen molar-refractivity contribution in [3.8, 4) is 0 Å². The highest BCUT2D eigenvalue weighted by Crippen LogP contribution is 2.59. The molecule has 1 nitrogen and oxygen atoms in total. The minimum Gasteiger partial charge on any atom is -0.303 e. The van der Waals surface area contributed by atoms with Crippen LogP contribution in [0, 0.1) is 23.7 Å². The van der Waals surface area contributed by atoms with Gasteiger partial charge < -0.3 is 4.79 Å². The molecule has 0 spiro atoms. The summed E-state index contributed by atoms with van der Waals surface area (Å²) < 4.78 is 0. The lowest BCUT2D eigenvalue weighted by molar-refractivity contribution is -0.107. The van der Waals surface area contributed by atoms with Gasteiger partial charge in [-0.3, -0.25) is 0 Å². The highest BCUT2D eigenvalue weighted by Gasteiger charge is 2.50. The summed E-state index contributed by atoms with van der Waals surface area (Å²) in [6.07, 6.45) is 11.0. The summed E-state index contributed by atoms with van der Waals surface area (Å²) in [7, 11) is 0. The molecule has 1 heteroatoms. The van der Waals surface area contributed by atoms with Crippen LogP contribution >= 0.6 is 0 Å². The normalized spacial score (nSPS) is 47.3. The molecular weight excluding hydrogens is 172 g/mol. The molecule has 0 N–H and O–H groups in total. The van der Waals surface area contributed by atoms with E-state index in [9.17, 15) is 4.79 Å². The summed E-state index contributed by atoms with van der Waals surface area (Å²) in [6, 6.07) is 0. The van der Waals surface area contributed by atoms with Gasteiger partial charge in [-0.2, -0.15) is 0 Å². The van der Waals surface area contributed by atoms with Crippen molar-refractivity contribution in [2.45, 2.75) is 38.5 Å². The fourth-order valence-electron chi connectivity index (χ4n) is 4.24. The van der Waals surface area contributed by atoms with E-state index in [1.54, 1.807) is 5.57 Å². The van der Waals surface area contributed by atoms with Crippen LogP contribution in [0.25, 0.3) is 0 Å². The number of rotatable bonds is 2. The van der Waals surface area contributed by atoms with Crippen LogP contribution in [-0.4, -0.2) is 6.29 Å². The summed E-state index contributed by atoms with van der Waals surface area (Å²) in [4.78, 5) is 10.3. The molecular formula is C13H18O. The van der Waals surface area contributed by atoms with Crippen LogP contribution in [0.15, 0.2) is 11.6 Å². The second kappa shape index (κ2) is 3.22. The Morgan fingerprint density at radius 1 is 1.14 bits per heavy atom. The standard InChI is InChI=1S/C13H18O/c14-5-1-2-9-6-12-10-3-4-11(8-10)13(12)7-9/h2,5,10-13H,1,3-4,6-8H2/t10?,11?,12-,13+. The van der Waals surface area contributed by atoms with Gasteiger partial charge in [0.05, 0.1) is 0 Å². The quantitative estimate of drug-likeness (QED) is 0.483. The average Bonchev–Trinajstić information content (AvgIpc) is 2.85. The van der Waals surface area contributed by atoms with E-state index in [4.69, 9.17) is 0 Å². The van der Waals surface area contributed by atoms with Crippen molar-refractivity contribution in [3.05, 3.63) is 11.6 Å². The zero-order valence-electron chi connectivity index (χ0n) is 8.61. The SMILES string of the molecule is O=CCC=C1C[C@@H]2C3CCC(C3)[C@@H]2C1. The Labute approximate surface area is 85.6 Å². The average molecular weight is 190 g/mol. The van der Waals surface area contributed by atoms with Crippen molar-refractivity contribution < 1.29 is 4.79 Å². The maximum atomic E-state index is 10.3. The number of aldehydes is 1. The zero-order chi connectivity index (χ0) is 9.54.